The Morgan fingerprint density at radius 2 is 1.70 bits per heavy atom. The molecule has 0 saturated heterocycles. The fraction of sp³-hybridized carbons (Fsp3) is 0.0667. The van der Waals surface area contributed by atoms with Gasteiger partial charge >= 0.3 is 0 Å². The summed E-state index contributed by atoms with van der Waals surface area (Å²) >= 11 is 0. The van der Waals surface area contributed by atoms with Gasteiger partial charge in [-0.1, -0.05) is 0 Å². The lowest BCUT2D eigenvalue weighted by molar-refractivity contribution is 0.402. The van der Waals surface area contributed by atoms with E-state index in [0.717, 1.165) is 5.39 Å². The fourth-order valence-corrected chi connectivity index (χ4v) is 2.61. The molecule has 3 rings (SSSR count). The molecule has 2 heterocycles. The second-order valence-electron chi connectivity index (χ2n) is 4.64. The van der Waals surface area contributed by atoms with Crippen LogP contribution in [0.15, 0.2) is 53.7 Å². The van der Waals surface area contributed by atoms with Crippen molar-refractivity contribution in [1.29, 1.82) is 0 Å². The Balaban J connectivity index is 1.99. The van der Waals surface area contributed by atoms with E-state index >= 15 is 0 Å². The van der Waals surface area contributed by atoms with E-state index in [1.54, 1.807) is 24.5 Å². The number of rotatable bonds is 4. The van der Waals surface area contributed by atoms with Crippen LogP contribution in [0.2, 0.25) is 0 Å². The molecular formula is C15H13N3O4S. The van der Waals surface area contributed by atoms with E-state index in [-0.39, 0.29) is 4.90 Å². The van der Waals surface area contributed by atoms with E-state index in [1.165, 1.54) is 31.4 Å². The molecule has 7 nitrogen and oxygen atoms in total. The molecule has 0 unspecified atom stereocenters. The highest BCUT2D eigenvalue weighted by atomic mass is 32.2. The fourth-order valence-electron chi connectivity index (χ4n) is 2.09. The van der Waals surface area contributed by atoms with Crippen molar-refractivity contribution in [3.05, 3.63) is 48.8 Å². The van der Waals surface area contributed by atoms with Crippen molar-refractivity contribution in [2.24, 2.45) is 5.14 Å². The summed E-state index contributed by atoms with van der Waals surface area (Å²) in [5, 5.41) is 5.80. The van der Waals surface area contributed by atoms with E-state index in [2.05, 4.69) is 9.97 Å². The number of sulfonamides is 1. The molecule has 23 heavy (non-hydrogen) atoms. The maximum Gasteiger partial charge on any atom is 0.240 e. The number of nitrogens with two attached hydrogens (primary N) is 1. The molecule has 0 radical (unpaired) electrons. The lowest BCUT2D eigenvalue weighted by atomic mass is 10.2. The minimum atomic E-state index is -3.73. The third-order valence-corrected chi connectivity index (χ3v) is 4.09. The normalized spacial score (nSPS) is 11.4. The van der Waals surface area contributed by atoms with E-state index in [0.29, 0.717) is 22.9 Å². The van der Waals surface area contributed by atoms with Crippen LogP contribution in [0.4, 0.5) is 0 Å². The third kappa shape index (κ3) is 3.08. The van der Waals surface area contributed by atoms with E-state index < -0.39 is 10.0 Å². The van der Waals surface area contributed by atoms with Gasteiger partial charge in [0.15, 0.2) is 0 Å². The number of pyridine rings is 2. The van der Waals surface area contributed by atoms with Gasteiger partial charge in [0.1, 0.15) is 17.0 Å². The van der Waals surface area contributed by atoms with E-state index in [9.17, 15) is 8.42 Å². The minimum absolute atomic E-state index is 0.0234. The summed E-state index contributed by atoms with van der Waals surface area (Å²) in [6.45, 7) is 0. The van der Waals surface area contributed by atoms with Gasteiger partial charge in [0.2, 0.25) is 15.9 Å². The molecular weight excluding hydrogens is 318 g/mol. The molecule has 2 aromatic heterocycles. The first kappa shape index (κ1) is 15.2. The zero-order valence-corrected chi connectivity index (χ0v) is 12.9. The van der Waals surface area contributed by atoms with Crippen LogP contribution in [0.25, 0.3) is 10.9 Å². The van der Waals surface area contributed by atoms with Gasteiger partial charge in [0.25, 0.3) is 0 Å². The van der Waals surface area contributed by atoms with E-state index in [1.807, 2.05) is 0 Å². The molecule has 3 aromatic rings. The maximum absolute atomic E-state index is 11.3. The summed E-state index contributed by atoms with van der Waals surface area (Å²) in [7, 11) is -2.21. The van der Waals surface area contributed by atoms with Gasteiger partial charge < -0.3 is 9.47 Å². The first-order valence-corrected chi connectivity index (χ1v) is 8.12. The number of hydrogen-bond donors (Lipinski definition) is 1. The lowest BCUT2D eigenvalue weighted by Gasteiger charge is -2.10. The SMILES string of the molecule is COc1nccc2c(Oc3ccc(S(N)(=O)=O)cc3)ccnc12. The molecule has 0 aliphatic rings. The second-order valence-corrected chi connectivity index (χ2v) is 6.21. The zero-order chi connectivity index (χ0) is 16.4. The summed E-state index contributed by atoms with van der Waals surface area (Å²) in [5.74, 6) is 1.43. The number of benzene rings is 1. The molecule has 0 saturated carbocycles. The maximum atomic E-state index is 11.3. The summed E-state index contributed by atoms with van der Waals surface area (Å²) in [4.78, 5) is 8.35. The molecule has 0 spiro atoms. The third-order valence-electron chi connectivity index (χ3n) is 3.16. The number of primary sulfonamides is 1. The number of methoxy groups -OCH3 is 1. The van der Waals surface area contributed by atoms with Crippen molar-refractivity contribution in [1.82, 2.24) is 9.97 Å². The molecule has 0 bridgehead atoms. The van der Waals surface area contributed by atoms with Crippen LogP contribution >= 0.6 is 0 Å². The molecule has 0 aliphatic heterocycles. The Morgan fingerprint density at radius 1 is 1.00 bits per heavy atom. The average Bonchev–Trinajstić information content (AvgIpc) is 2.54. The zero-order valence-electron chi connectivity index (χ0n) is 12.1. The molecule has 118 valence electrons. The predicted octanol–water partition coefficient (Wildman–Crippen LogP) is 2.08. The topological polar surface area (TPSA) is 104 Å². The highest BCUT2D eigenvalue weighted by Crippen LogP contribution is 2.31. The van der Waals surface area contributed by atoms with E-state index in [4.69, 9.17) is 14.6 Å². The molecule has 0 atom stereocenters. The summed E-state index contributed by atoms with van der Waals surface area (Å²) in [6.07, 6.45) is 3.18. The summed E-state index contributed by atoms with van der Waals surface area (Å²) in [6, 6.07) is 9.30. The first-order chi connectivity index (χ1) is 11.0. The molecule has 8 heteroatoms. The predicted molar refractivity (Wildman–Crippen MR) is 84.0 cm³/mol. The van der Waals surface area contributed by atoms with Crippen LogP contribution in [0.3, 0.4) is 0 Å². The van der Waals surface area contributed by atoms with Gasteiger partial charge in [0, 0.05) is 12.4 Å². The van der Waals surface area contributed by atoms with Crippen molar-refractivity contribution in [2.75, 3.05) is 7.11 Å². The standard InChI is InChI=1S/C15H13N3O4S/c1-21-15-14-12(6-8-18-15)13(7-9-17-14)22-10-2-4-11(5-3-10)23(16,19)20/h2-9H,1H3,(H2,16,19,20). The van der Waals surface area contributed by atoms with Gasteiger partial charge in [-0.05, 0) is 36.4 Å². The van der Waals surface area contributed by atoms with Gasteiger partial charge in [-0.15, -0.1) is 0 Å². The molecule has 0 amide bonds. The van der Waals surface area contributed by atoms with Crippen molar-refractivity contribution in [2.45, 2.75) is 4.90 Å². The van der Waals surface area contributed by atoms with Crippen molar-refractivity contribution >= 4 is 20.9 Å². The first-order valence-electron chi connectivity index (χ1n) is 6.57. The summed E-state index contributed by atoms with van der Waals surface area (Å²) in [5.41, 5.74) is 0.577. The monoisotopic (exact) mass is 331 g/mol. The molecule has 0 aliphatic carbocycles. The number of aromatic nitrogens is 2. The van der Waals surface area contributed by atoms with Crippen LogP contribution in [-0.4, -0.2) is 25.5 Å². The van der Waals surface area contributed by atoms with Crippen molar-refractivity contribution in [3.63, 3.8) is 0 Å². The van der Waals surface area contributed by atoms with Crippen LogP contribution < -0.4 is 14.6 Å². The van der Waals surface area contributed by atoms with Gasteiger partial charge in [-0.25, -0.2) is 18.5 Å². The highest BCUT2D eigenvalue weighted by Gasteiger charge is 2.11. The van der Waals surface area contributed by atoms with Crippen LogP contribution in [-0.2, 0) is 10.0 Å². The summed E-state index contributed by atoms with van der Waals surface area (Å²) < 4.78 is 33.5. The minimum Gasteiger partial charge on any atom is -0.479 e. The number of hydrogen-bond acceptors (Lipinski definition) is 6. The van der Waals surface area contributed by atoms with Crippen LogP contribution in [0.1, 0.15) is 0 Å². The quantitative estimate of drug-likeness (QED) is 0.785. The Morgan fingerprint density at radius 3 is 2.35 bits per heavy atom. The molecule has 2 N–H and O–H groups in total. The second kappa shape index (κ2) is 5.82. The Hall–Kier alpha value is -2.71. The Bertz CT molecular complexity index is 956. The van der Waals surface area contributed by atoms with Crippen LogP contribution in [0.5, 0.6) is 17.4 Å². The van der Waals surface area contributed by atoms with Gasteiger partial charge in [-0.2, -0.15) is 0 Å². The highest BCUT2D eigenvalue weighted by molar-refractivity contribution is 7.89. The number of ether oxygens (including phenoxy) is 2. The number of fused-ring (bicyclic) bond motifs is 1. The average molecular weight is 331 g/mol. The van der Waals surface area contributed by atoms with Gasteiger partial charge in [0.05, 0.1) is 17.4 Å². The lowest BCUT2D eigenvalue weighted by Crippen LogP contribution is -2.11. The Labute approximate surface area is 132 Å². The number of nitrogens with zero attached hydrogens (tertiary/aromatic N) is 2. The molecule has 0 fully saturated rings. The van der Waals surface area contributed by atoms with Gasteiger partial charge in [-0.3, -0.25) is 4.98 Å². The smallest absolute Gasteiger partial charge is 0.240 e. The molecule has 1 aromatic carbocycles. The Kier molecular flexibility index (Phi) is 3.85. The van der Waals surface area contributed by atoms with Crippen LogP contribution in [0, 0.1) is 0 Å². The largest absolute Gasteiger partial charge is 0.479 e. The van der Waals surface area contributed by atoms with Crippen molar-refractivity contribution < 1.29 is 17.9 Å². The van der Waals surface area contributed by atoms with Crippen molar-refractivity contribution in [3.8, 4) is 17.4 Å².